The zero-order chi connectivity index (χ0) is 28.3. The van der Waals surface area contributed by atoms with Crippen LogP contribution in [-0.2, 0) is 16.1 Å². The molecule has 2 aromatic carbocycles. The molecule has 3 heterocycles. The van der Waals surface area contributed by atoms with Crippen LogP contribution in [0, 0.1) is 16.0 Å². The fourth-order valence-corrected chi connectivity index (χ4v) is 6.22. The zero-order valence-electron chi connectivity index (χ0n) is 23.3. The van der Waals surface area contributed by atoms with Crippen molar-refractivity contribution in [2.75, 3.05) is 33.3 Å². The van der Waals surface area contributed by atoms with Crippen LogP contribution in [0.2, 0.25) is 0 Å². The summed E-state index contributed by atoms with van der Waals surface area (Å²) < 4.78 is 7.66. The van der Waals surface area contributed by atoms with Gasteiger partial charge >= 0.3 is 0 Å². The number of carbonyl (C=O) groups is 1. The summed E-state index contributed by atoms with van der Waals surface area (Å²) in [6, 6.07) is 20.9. The molecule has 9 nitrogen and oxygen atoms in total. The number of amides is 1. The van der Waals surface area contributed by atoms with E-state index in [0.29, 0.717) is 19.6 Å². The van der Waals surface area contributed by atoms with Crippen molar-refractivity contribution in [3.05, 3.63) is 88.7 Å². The number of methoxy groups -OCH3 is 1. The molecule has 2 fully saturated rings. The summed E-state index contributed by atoms with van der Waals surface area (Å²) >= 11 is 0. The van der Waals surface area contributed by atoms with Gasteiger partial charge in [-0.05, 0) is 42.5 Å². The molecule has 1 aliphatic heterocycles. The maximum absolute atomic E-state index is 13.3. The van der Waals surface area contributed by atoms with E-state index in [1.54, 1.807) is 19.2 Å². The maximum atomic E-state index is 13.3. The van der Waals surface area contributed by atoms with Crippen LogP contribution in [0.5, 0.6) is 0 Å². The highest BCUT2D eigenvalue weighted by atomic mass is 16.6. The lowest BCUT2D eigenvalue weighted by Gasteiger charge is -2.38. The molecule has 1 saturated heterocycles. The first-order chi connectivity index (χ1) is 20.0. The average Bonchev–Trinajstić information content (AvgIpc) is 3.39. The molecule has 9 heteroatoms. The zero-order valence-corrected chi connectivity index (χ0v) is 23.3. The Kier molecular flexibility index (Phi) is 7.80. The first-order valence-electron chi connectivity index (χ1n) is 14.4. The van der Waals surface area contributed by atoms with Gasteiger partial charge in [0.05, 0.1) is 22.4 Å². The van der Waals surface area contributed by atoms with Crippen LogP contribution >= 0.6 is 0 Å². The first-order valence-corrected chi connectivity index (χ1v) is 14.4. The quantitative estimate of drug-likeness (QED) is 0.224. The van der Waals surface area contributed by atoms with Crippen molar-refractivity contribution in [2.45, 2.75) is 38.3 Å². The average molecular weight is 554 g/mol. The molecular weight excluding hydrogens is 518 g/mol. The lowest BCUT2D eigenvalue weighted by atomic mass is 9.86. The molecule has 2 aliphatic rings. The Balaban J connectivity index is 1.27. The van der Waals surface area contributed by atoms with Crippen LogP contribution in [0.25, 0.3) is 28.0 Å². The van der Waals surface area contributed by atoms with E-state index in [1.807, 2.05) is 35.2 Å². The number of non-ortho nitro benzene ring substituents is 1. The monoisotopic (exact) mass is 553 g/mol. The third-order valence-corrected chi connectivity index (χ3v) is 8.52. The molecule has 212 valence electrons. The summed E-state index contributed by atoms with van der Waals surface area (Å²) in [7, 11) is 1.74. The van der Waals surface area contributed by atoms with Gasteiger partial charge in [-0.3, -0.25) is 19.8 Å². The van der Waals surface area contributed by atoms with Crippen LogP contribution in [-0.4, -0.2) is 69.4 Å². The highest BCUT2D eigenvalue weighted by molar-refractivity contribution is 5.79. The van der Waals surface area contributed by atoms with Gasteiger partial charge in [-0.25, -0.2) is 4.98 Å². The summed E-state index contributed by atoms with van der Waals surface area (Å²) in [6.45, 7) is 3.50. The largest absolute Gasteiger partial charge is 0.381 e. The Morgan fingerprint density at radius 2 is 1.76 bits per heavy atom. The summed E-state index contributed by atoms with van der Waals surface area (Å²) in [5.74, 6) is 0.307. The van der Waals surface area contributed by atoms with E-state index >= 15 is 0 Å². The van der Waals surface area contributed by atoms with E-state index in [-0.39, 0.29) is 28.5 Å². The van der Waals surface area contributed by atoms with Gasteiger partial charge in [0.1, 0.15) is 5.65 Å². The molecule has 2 aromatic heterocycles. The smallest absolute Gasteiger partial charge is 0.270 e. The van der Waals surface area contributed by atoms with E-state index in [9.17, 15) is 14.9 Å². The van der Waals surface area contributed by atoms with Crippen LogP contribution < -0.4 is 0 Å². The predicted molar refractivity (Wildman–Crippen MR) is 157 cm³/mol. The number of imidazole rings is 1. The minimum atomic E-state index is -0.371. The molecule has 1 aliphatic carbocycles. The summed E-state index contributed by atoms with van der Waals surface area (Å²) in [5, 5.41) is 11.5. The fourth-order valence-electron chi connectivity index (χ4n) is 6.22. The van der Waals surface area contributed by atoms with Crippen molar-refractivity contribution >= 4 is 17.2 Å². The van der Waals surface area contributed by atoms with Crippen molar-refractivity contribution in [1.82, 2.24) is 19.2 Å². The maximum Gasteiger partial charge on any atom is 0.270 e. The number of ether oxygens (including phenoxy) is 1. The number of hydrogen-bond acceptors (Lipinski definition) is 6. The number of nitro groups is 1. The minimum absolute atomic E-state index is 0.0426. The van der Waals surface area contributed by atoms with Gasteiger partial charge in [0.15, 0.2) is 0 Å². The van der Waals surface area contributed by atoms with Crippen molar-refractivity contribution < 1.29 is 14.5 Å². The number of nitrogens with zero attached hydrogens (tertiary/aromatic N) is 5. The van der Waals surface area contributed by atoms with Crippen molar-refractivity contribution in [3.63, 3.8) is 0 Å². The molecule has 6 rings (SSSR count). The molecular formula is C32H35N5O4. The van der Waals surface area contributed by atoms with Gasteiger partial charge < -0.3 is 14.0 Å². The van der Waals surface area contributed by atoms with Crippen molar-refractivity contribution in [3.8, 4) is 22.4 Å². The van der Waals surface area contributed by atoms with Gasteiger partial charge in [-0.15, -0.1) is 0 Å². The highest BCUT2D eigenvalue weighted by Gasteiger charge is 2.32. The van der Waals surface area contributed by atoms with Gasteiger partial charge in [0.25, 0.3) is 5.69 Å². The molecule has 41 heavy (non-hydrogen) atoms. The molecule has 0 bridgehead atoms. The van der Waals surface area contributed by atoms with Crippen LogP contribution in [0.4, 0.5) is 5.69 Å². The molecule has 0 radical (unpaired) electrons. The minimum Gasteiger partial charge on any atom is -0.381 e. The van der Waals surface area contributed by atoms with Gasteiger partial charge in [-0.2, -0.15) is 0 Å². The van der Waals surface area contributed by atoms with Crippen molar-refractivity contribution in [2.24, 2.45) is 5.92 Å². The summed E-state index contributed by atoms with van der Waals surface area (Å²) in [6.07, 6.45) is 6.11. The SMILES string of the molecule is CO[C@@H]1CCC[C@H](C(=O)N2CCN(Cc3c(-c4cccc([N+](=O)[O-])c4)nc4ccc(-c5ccccc5)cn34)CC2)C1. The molecule has 2 atom stereocenters. The van der Waals surface area contributed by atoms with Crippen molar-refractivity contribution in [1.29, 1.82) is 0 Å². The Bertz CT molecular complexity index is 1540. The second-order valence-electron chi connectivity index (χ2n) is 11.0. The number of nitro benzene ring substituents is 1. The fraction of sp³-hybridized carbons (Fsp3) is 0.375. The third kappa shape index (κ3) is 5.73. The molecule has 4 aromatic rings. The molecule has 0 N–H and O–H groups in total. The number of aromatic nitrogens is 2. The number of fused-ring (bicyclic) bond motifs is 1. The lowest BCUT2D eigenvalue weighted by molar-refractivity contribution is -0.384. The van der Waals surface area contributed by atoms with E-state index < -0.39 is 0 Å². The van der Waals surface area contributed by atoms with Crippen LogP contribution in [0.1, 0.15) is 31.4 Å². The molecule has 0 spiro atoms. The summed E-state index contributed by atoms with van der Waals surface area (Å²) in [4.78, 5) is 33.8. The number of carbonyl (C=O) groups excluding carboxylic acids is 1. The Morgan fingerprint density at radius 3 is 2.51 bits per heavy atom. The van der Waals surface area contributed by atoms with E-state index in [1.165, 1.54) is 6.07 Å². The summed E-state index contributed by atoms with van der Waals surface area (Å²) in [5.41, 5.74) is 5.45. The standard InChI is InChI=1S/C32H35N5O4/c1-41-28-12-6-10-25(20-28)32(38)35-17-15-34(16-18-35)22-29-31(24-9-5-11-27(19-24)37(39)40)33-30-14-13-26(21-36(29)30)23-7-3-2-4-8-23/h2-5,7-9,11,13-14,19,21,25,28H,6,10,12,15-18,20,22H2,1H3/t25-,28+/m0/s1. The Hall–Kier alpha value is -4.08. The van der Waals surface area contributed by atoms with E-state index in [2.05, 4.69) is 33.7 Å². The van der Waals surface area contributed by atoms with E-state index in [0.717, 1.165) is 72.5 Å². The second-order valence-corrected chi connectivity index (χ2v) is 11.0. The van der Waals surface area contributed by atoms with Gasteiger partial charge in [0, 0.05) is 69.6 Å². The highest BCUT2D eigenvalue weighted by Crippen LogP contribution is 2.31. The topological polar surface area (TPSA) is 93.2 Å². The van der Waals surface area contributed by atoms with E-state index in [4.69, 9.17) is 9.72 Å². The number of rotatable bonds is 7. The Morgan fingerprint density at radius 1 is 0.976 bits per heavy atom. The number of piperazine rings is 1. The molecule has 1 amide bonds. The molecule has 1 saturated carbocycles. The van der Waals surface area contributed by atoms with Gasteiger partial charge in [-0.1, -0.05) is 48.9 Å². The lowest BCUT2D eigenvalue weighted by Crippen LogP contribution is -2.50. The normalized spacial score (nSPS) is 19.9. The number of pyridine rings is 1. The second kappa shape index (κ2) is 11.8. The molecule has 0 unspecified atom stereocenters. The Labute approximate surface area is 239 Å². The van der Waals surface area contributed by atoms with Crippen LogP contribution in [0.15, 0.2) is 72.9 Å². The number of benzene rings is 2. The van der Waals surface area contributed by atoms with Crippen LogP contribution in [0.3, 0.4) is 0 Å². The van der Waals surface area contributed by atoms with Gasteiger partial charge in [0.2, 0.25) is 5.91 Å². The number of hydrogen-bond donors (Lipinski definition) is 0. The predicted octanol–water partition coefficient (Wildman–Crippen LogP) is 5.43. The first kappa shape index (κ1) is 27.1. The third-order valence-electron chi connectivity index (χ3n) is 8.52.